The number of carbonyl (C=O) groups is 2. The fraction of sp³-hybridized carbons (Fsp3) is 0.417. The molecule has 3 unspecified atom stereocenters. The summed E-state index contributed by atoms with van der Waals surface area (Å²) < 4.78 is 5.79. The zero-order valence-electron chi connectivity index (χ0n) is 16.3. The van der Waals surface area contributed by atoms with Crippen LogP contribution in [0.25, 0.3) is 11.1 Å². The number of carboxylic acid groups (broad SMARTS) is 1. The molecule has 2 fully saturated rings. The molecule has 150 valence electrons. The van der Waals surface area contributed by atoms with E-state index in [9.17, 15) is 14.7 Å². The van der Waals surface area contributed by atoms with Gasteiger partial charge in [0.05, 0.1) is 5.92 Å². The third kappa shape index (κ3) is 3.00. The number of hydrogen-bond donors (Lipinski definition) is 1. The molecule has 1 N–H and O–H groups in total. The molecule has 0 aromatic heterocycles. The highest BCUT2D eigenvalue weighted by atomic mass is 16.6. The number of hydrogen-bond acceptors (Lipinski definition) is 3. The highest BCUT2D eigenvalue weighted by molar-refractivity contribution is 5.79. The Kier molecular flexibility index (Phi) is 4.53. The van der Waals surface area contributed by atoms with Crippen LogP contribution in [0.2, 0.25) is 0 Å². The van der Waals surface area contributed by atoms with E-state index in [2.05, 4.69) is 24.3 Å². The lowest BCUT2D eigenvalue weighted by Crippen LogP contribution is -2.40. The number of benzene rings is 2. The fourth-order valence-electron chi connectivity index (χ4n) is 5.63. The molecular weight excluding hydrogens is 366 g/mol. The first kappa shape index (κ1) is 18.2. The molecule has 3 atom stereocenters. The minimum Gasteiger partial charge on any atom is -0.481 e. The standard InChI is InChI=1S/C24H25NO4/c26-23(27)20-13-25(22-12-6-5-11-19(20)22)24(28)29-14-21-17-9-3-1-7-15(17)16-8-2-4-10-18(16)21/h1-4,7-10,19-22H,5-6,11-14H2,(H,26,27). The normalized spacial score (nSPS) is 25.2. The Morgan fingerprint density at radius 1 is 0.966 bits per heavy atom. The van der Waals surface area contributed by atoms with E-state index >= 15 is 0 Å². The van der Waals surface area contributed by atoms with E-state index in [0.29, 0.717) is 0 Å². The SMILES string of the molecule is O=C(O)C1CN(C(=O)OCC2c3ccccc3-c3ccccc32)C2CCCCC12. The first-order valence-corrected chi connectivity index (χ1v) is 10.5. The molecular formula is C24H25NO4. The Morgan fingerprint density at radius 2 is 1.59 bits per heavy atom. The summed E-state index contributed by atoms with van der Waals surface area (Å²) in [6, 6.07) is 16.5. The Hall–Kier alpha value is -2.82. The first-order valence-electron chi connectivity index (χ1n) is 10.5. The van der Waals surface area contributed by atoms with Crippen molar-refractivity contribution in [2.24, 2.45) is 11.8 Å². The summed E-state index contributed by atoms with van der Waals surface area (Å²) in [6.07, 6.45) is 3.48. The van der Waals surface area contributed by atoms with Crippen LogP contribution in [0.5, 0.6) is 0 Å². The van der Waals surface area contributed by atoms with Crippen molar-refractivity contribution in [3.05, 3.63) is 59.7 Å². The summed E-state index contributed by atoms with van der Waals surface area (Å²) in [4.78, 5) is 26.3. The number of carboxylic acids is 1. The van der Waals surface area contributed by atoms with Gasteiger partial charge in [-0.05, 0) is 41.0 Å². The molecule has 2 aromatic rings. The van der Waals surface area contributed by atoms with E-state index in [-0.39, 0.29) is 37.1 Å². The third-order valence-electron chi connectivity index (χ3n) is 6.98. The highest BCUT2D eigenvalue weighted by Gasteiger charge is 2.48. The van der Waals surface area contributed by atoms with E-state index < -0.39 is 11.9 Å². The van der Waals surface area contributed by atoms with E-state index in [0.717, 1.165) is 25.7 Å². The van der Waals surface area contributed by atoms with Crippen molar-refractivity contribution in [2.45, 2.75) is 37.6 Å². The molecule has 2 aliphatic carbocycles. The topological polar surface area (TPSA) is 66.8 Å². The maximum atomic E-state index is 13.0. The number of likely N-dealkylation sites (tertiary alicyclic amines) is 1. The lowest BCUT2D eigenvalue weighted by molar-refractivity contribution is -0.142. The molecule has 5 rings (SSSR count). The van der Waals surface area contributed by atoms with Gasteiger partial charge in [-0.1, -0.05) is 61.4 Å². The second-order valence-electron chi connectivity index (χ2n) is 8.42. The average Bonchev–Trinajstić information content (AvgIpc) is 3.29. The van der Waals surface area contributed by atoms with Crippen LogP contribution in [0, 0.1) is 11.8 Å². The predicted octanol–water partition coefficient (Wildman–Crippen LogP) is 4.51. The van der Waals surface area contributed by atoms with Gasteiger partial charge < -0.3 is 14.7 Å². The summed E-state index contributed by atoms with van der Waals surface area (Å²) in [5.41, 5.74) is 4.76. The molecule has 5 nitrogen and oxygen atoms in total. The Bertz CT molecular complexity index is 910. The second-order valence-corrected chi connectivity index (χ2v) is 8.42. The molecule has 29 heavy (non-hydrogen) atoms. The number of fused-ring (bicyclic) bond motifs is 4. The monoisotopic (exact) mass is 391 g/mol. The molecule has 0 bridgehead atoms. The van der Waals surface area contributed by atoms with Crippen LogP contribution < -0.4 is 0 Å². The van der Waals surface area contributed by atoms with Gasteiger partial charge in [0.2, 0.25) is 0 Å². The zero-order chi connectivity index (χ0) is 20.0. The molecule has 0 spiro atoms. The summed E-state index contributed by atoms with van der Waals surface area (Å²) >= 11 is 0. The van der Waals surface area contributed by atoms with Crippen molar-refractivity contribution in [3.63, 3.8) is 0 Å². The van der Waals surface area contributed by atoms with Gasteiger partial charge in [0.25, 0.3) is 0 Å². The fourth-order valence-corrected chi connectivity index (χ4v) is 5.63. The van der Waals surface area contributed by atoms with Gasteiger partial charge in [-0.2, -0.15) is 0 Å². The second kappa shape index (κ2) is 7.21. The predicted molar refractivity (Wildman–Crippen MR) is 109 cm³/mol. The number of rotatable bonds is 3. The molecule has 1 heterocycles. The van der Waals surface area contributed by atoms with Gasteiger partial charge in [0.15, 0.2) is 0 Å². The van der Waals surface area contributed by atoms with Crippen LogP contribution in [0.3, 0.4) is 0 Å². The van der Waals surface area contributed by atoms with Crippen molar-refractivity contribution in [3.8, 4) is 11.1 Å². The zero-order valence-corrected chi connectivity index (χ0v) is 16.3. The van der Waals surface area contributed by atoms with Gasteiger partial charge in [-0.3, -0.25) is 4.79 Å². The van der Waals surface area contributed by atoms with E-state index in [1.807, 2.05) is 24.3 Å². The largest absolute Gasteiger partial charge is 0.481 e. The van der Waals surface area contributed by atoms with Crippen molar-refractivity contribution in [2.75, 3.05) is 13.2 Å². The molecule has 0 radical (unpaired) electrons. The number of nitrogens with zero attached hydrogens (tertiary/aromatic N) is 1. The van der Waals surface area contributed by atoms with Gasteiger partial charge in [-0.25, -0.2) is 4.79 Å². The maximum absolute atomic E-state index is 13.0. The summed E-state index contributed by atoms with van der Waals surface area (Å²) in [5.74, 6) is -1.19. The van der Waals surface area contributed by atoms with Crippen LogP contribution in [0.15, 0.2) is 48.5 Å². The number of amides is 1. The molecule has 1 aliphatic heterocycles. The Morgan fingerprint density at radius 3 is 2.24 bits per heavy atom. The Labute approximate surface area is 170 Å². The smallest absolute Gasteiger partial charge is 0.410 e. The van der Waals surface area contributed by atoms with Crippen molar-refractivity contribution < 1.29 is 19.4 Å². The van der Waals surface area contributed by atoms with Crippen LogP contribution in [0.1, 0.15) is 42.7 Å². The molecule has 1 saturated heterocycles. The van der Waals surface area contributed by atoms with E-state index in [1.54, 1.807) is 4.90 Å². The lowest BCUT2D eigenvalue weighted by atomic mass is 9.80. The number of ether oxygens (including phenoxy) is 1. The van der Waals surface area contributed by atoms with Crippen LogP contribution in [0.4, 0.5) is 4.79 Å². The van der Waals surface area contributed by atoms with E-state index in [4.69, 9.17) is 4.74 Å². The van der Waals surface area contributed by atoms with Crippen molar-refractivity contribution in [1.82, 2.24) is 4.90 Å². The third-order valence-corrected chi connectivity index (χ3v) is 6.98. The molecule has 1 saturated carbocycles. The summed E-state index contributed by atoms with van der Waals surface area (Å²) in [5, 5.41) is 9.59. The van der Waals surface area contributed by atoms with Crippen LogP contribution in [-0.2, 0) is 9.53 Å². The van der Waals surface area contributed by atoms with Gasteiger partial charge in [0.1, 0.15) is 6.61 Å². The van der Waals surface area contributed by atoms with Gasteiger partial charge in [-0.15, -0.1) is 0 Å². The minimum atomic E-state index is -0.796. The van der Waals surface area contributed by atoms with E-state index in [1.165, 1.54) is 22.3 Å². The minimum absolute atomic E-state index is 0.000463. The molecule has 3 aliphatic rings. The van der Waals surface area contributed by atoms with Crippen LogP contribution in [-0.4, -0.2) is 41.3 Å². The number of aliphatic carboxylic acids is 1. The van der Waals surface area contributed by atoms with Crippen molar-refractivity contribution >= 4 is 12.1 Å². The Balaban J connectivity index is 1.34. The highest BCUT2D eigenvalue weighted by Crippen LogP contribution is 2.45. The first-order chi connectivity index (χ1) is 14.1. The van der Waals surface area contributed by atoms with Crippen molar-refractivity contribution in [1.29, 1.82) is 0 Å². The van der Waals surface area contributed by atoms with Gasteiger partial charge >= 0.3 is 12.1 Å². The lowest BCUT2D eigenvalue weighted by Gasteiger charge is -2.31. The van der Waals surface area contributed by atoms with Crippen LogP contribution >= 0.6 is 0 Å². The molecule has 1 amide bonds. The maximum Gasteiger partial charge on any atom is 0.410 e. The van der Waals surface area contributed by atoms with Gasteiger partial charge in [0, 0.05) is 18.5 Å². The molecule has 5 heteroatoms. The quantitative estimate of drug-likeness (QED) is 0.836. The molecule has 2 aromatic carbocycles. The number of carbonyl (C=O) groups excluding carboxylic acids is 1. The summed E-state index contributed by atoms with van der Waals surface area (Å²) in [7, 11) is 0. The average molecular weight is 391 g/mol. The summed E-state index contributed by atoms with van der Waals surface area (Å²) in [6.45, 7) is 0.541.